The Morgan fingerprint density at radius 1 is 0.950 bits per heavy atom. The Hall–Kier alpha value is -2.64. The summed E-state index contributed by atoms with van der Waals surface area (Å²) in [7, 11) is 0. The summed E-state index contributed by atoms with van der Waals surface area (Å²) < 4.78 is 0. The monoisotopic (exact) mass is 277 g/mol. The van der Waals surface area contributed by atoms with Gasteiger partial charge in [-0.1, -0.05) is 48.5 Å². The van der Waals surface area contributed by atoms with Gasteiger partial charge in [-0.15, -0.1) is 11.3 Å². The molecule has 0 amide bonds. The third kappa shape index (κ3) is 2.40. The van der Waals surface area contributed by atoms with Crippen LogP contribution in [0.15, 0.2) is 66.0 Å². The molecule has 0 bridgehead atoms. The van der Waals surface area contributed by atoms with Gasteiger partial charge in [0.2, 0.25) is 5.13 Å². The first-order chi connectivity index (χ1) is 9.88. The Morgan fingerprint density at radius 3 is 2.25 bits per heavy atom. The number of nitriles is 1. The van der Waals surface area contributed by atoms with E-state index in [1.807, 2.05) is 66.0 Å². The largest absolute Gasteiger partial charge is 0.222 e. The van der Waals surface area contributed by atoms with Crippen molar-refractivity contribution in [1.82, 2.24) is 4.98 Å². The normalized spacial score (nSPS) is 9.95. The predicted octanol–water partition coefficient (Wildman–Crippen LogP) is 4.43. The van der Waals surface area contributed by atoms with Gasteiger partial charge in [0.25, 0.3) is 0 Å². The summed E-state index contributed by atoms with van der Waals surface area (Å²) in [5.74, 6) is 0. The van der Waals surface area contributed by atoms with Gasteiger partial charge in [0.15, 0.2) is 6.19 Å². The summed E-state index contributed by atoms with van der Waals surface area (Å²) in [6, 6.07) is 19.5. The minimum absolute atomic E-state index is 0.678. The molecule has 1 aromatic heterocycles. The van der Waals surface area contributed by atoms with Gasteiger partial charge in [-0.05, 0) is 12.1 Å². The lowest BCUT2D eigenvalue weighted by Gasteiger charge is -2.11. The minimum Gasteiger partial charge on any atom is -0.222 e. The van der Waals surface area contributed by atoms with Crippen molar-refractivity contribution in [3.63, 3.8) is 0 Å². The Labute approximate surface area is 121 Å². The Kier molecular flexibility index (Phi) is 3.44. The first-order valence-electron chi connectivity index (χ1n) is 6.14. The van der Waals surface area contributed by atoms with Gasteiger partial charge in [0.05, 0.1) is 11.4 Å². The number of benzene rings is 2. The minimum atomic E-state index is 0.678. The molecular weight excluding hydrogens is 266 g/mol. The summed E-state index contributed by atoms with van der Waals surface area (Å²) in [4.78, 5) is 6.09. The quantitative estimate of drug-likeness (QED) is 0.525. The van der Waals surface area contributed by atoms with Crippen molar-refractivity contribution in [3.05, 3.63) is 66.0 Å². The molecule has 0 fully saturated rings. The Balaban J connectivity index is 1.96. The molecule has 20 heavy (non-hydrogen) atoms. The summed E-state index contributed by atoms with van der Waals surface area (Å²) in [5, 5.41) is 12.0. The molecule has 3 nitrogen and oxygen atoms in total. The number of rotatable bonds is 3. The van der Waals surface area contributed by atoms with Crippen molar-refractivity contribution in [3.8, 4) is 17.5 Å². The topological polar surface area (TPSA) is 39.9 Å². The van der Waals surface area contributed by atoms with E-state index in [0.29, 0.717) is 5.13 Å². The number of anilines is 2. The van der Waals surface area contributed by atoms with Gasteiger partial charge in [-0.25, -0.2) is 9.88 Å². The van der Waals surface area contributed by atoms with Crippen molar-refractivity contribution >= 4 is 22.2 Å². The third-order valence-corrected chi connectivity index (χ3v) is 3.69. The van der Waals surface area contributed by atoms with Crippen LogP contribution >= 0.6 is 11.3 Å². The molecule has 0 spiro atoms. The van der Waals surface area contributed by atoms with E-state index in [9.17, 15) is 5.26 Å². The van der Waals surface area contributed by atoms with Gasteiger partial charge in [0.1, 0.15) is 0 Å². The van der Waals surface area contributed by atoms with Crippen LogP contribution in [0.3, 0.4) is 0 Å². The van der Waals surface area contributed by atoms with Gasteiger partial charge >= 0.3 is 0 Å². The van der Waals surface area contributed by atoms with Crippen molar-refractivity contribution in [1.29, 1.82) is 5.26 Å². The maximum absolute atomic E-state index is 9.36. The molecule has 0 aliphatic heterocycles. The predicted molar refractivity (Wildman–Crippen MR) is 81.7 cm³/mol. The average Bonchev–Trinajstić information content (AvgIpc) is 3.00. The lowest BCUT2D eigenvalue weighted by atomic mass is 10.2. The molecule has 96 valence electrons. The number of nitrogens with zero attached hydrogens (tertiary/aromatic N) is 3. The van der Waals surface area contributed by atoms with E-state index in [2.05, 4.69) is 11.2 Å². The van der Waals surface area contributed by atoms with Crippen LogP contribution in [0, 0.1) is 11.5 Å². The molecule has 0 aliphatic carbocycles. The number of thiazole rings is 1. The van der Waals surface area contributed by atoms with E-state index in [0.717, 1.165) is 16.9 Å². The molecule has 0 unspecified atom stereocenters. The van der Waals surface area contributed by atoms with E-state index in [1.165, 1.54) is 16.2 Å². The highest BCUT2D eigenvalue weighted by Gasteiger charge is 2.13. The molecule has 0 saturated carbocycles. The van der Waals surface area contributed by atoms with Crippen molar-refractivity contribution in [2.75, 3.05) is 4.90 Å². The van der Waals surface area contributed by atoms with Crippen LogP contribution in [-0.4, -0.2) is 4.98 Å². The molecule has 0 aliphatic rings. The van der Waals surface area contributed by atoms with Crippen LogP contribution in [0.25, 0.3) is 11.3 Å². The summed E-state index contributed by atoms with van der Waals surface area (Å²) in [5.41, 5.74) is 2.77. The fourth-order valence-corrected chi connectivity index (χ4v) is 2.71. The molecule has 0 saturated heterocycles. The van der Waals surface area contributed by atoms with E-state index in [4.69, 9.17) is 0 Å². The molecule has 4 heteroatoms. The number of aromatic nitrogens is 1. The SMILES string of the molecule is N#CN(c1ccccc1)c1nc(-c2ccccc2)cs1. The lowest BCUT2D eigenvalue weighted by molar-refractivity contribution is 1.23. The highest BCUT2D eigenvalue weighted by Crippen LogP contribution is 2.31. The summed E-state index contributed by atoms with van der Waals surface area (Å²) >= 11 is 1.46. The standard InChI is InChI=1S/C16H11N3S/c17-12-19(14-9-5-2-6-10-14)16-18-15(11-20-16)13-7-3-1-4-8-13/h1-11H. The summed E-state index contributed by atoms with van der Waals surface area (Å²) in [6.07, 6.45) is 2.18. The highest BCUT2D eigenvalue weighted by atomic mass is 32.1. The first-order valence-corrected chi connectivity index (χ1v) is 7.02. The van der Waals surface area contributed by atoms with Crippen LogP contribution < -0.4 is 4.90 Å². The van der Waals surface area contributed by atoms with E-state index < -0.39 is 0 Å². The maximum atomic E-state index is 9.36. The first kappa shape index (κ1) is 12.4. The molecule has 2 aromatic carbocycles. The summed E-state index contributed by atoms with van der Waals surface area (Å²) in [6.45, 7) is 0. The zero-order valence-electron chi connectivity index (χ0n) is 10.6. The second-order valence-corrected chi connectivity index (χ2v) is 4.99. The fraction of sp³-hybridized carbons (Fsp3) is 0. The average molecular weight is 277 g/mol. The van der Waals surface area contributed by atoms with Gasteiger partial charge in [0, 0.05) is 10.9 Å². The van der Waals surface area contributed by atoms with Crippen molar-refractivity contribution in [2.24, 2.45) is 0 Å². The molecule has 0 radical (unpaired) electrons. The second kappa shape index (κ2) is 5.55. The van der Waals surface area contributed by atoms with Gasteiger partial charge < -0.3 is 0 Å². The Bertz CT molecular complexity index is 729. The molecule has 3 rings (SSSR count). The van der Waals surface area contributed by atoms with Crippen LogP contribution in [0.1, 0.15) is 0 Å². The zero-order chi connectivity index (χ0) is 13.8. The number of para-hydroxylation sites is 1. The Morgan fingerprint density at radius 2 is 1.60 bits per heavy atom. The number of hydrogen-bond acceptors (Lipinski definition) is 4. The lowest BCUT2D eigenvalue weighted by Crippen LogP contribution is -2.07. The number of hydrogen-bond donors (Lipinski definition) is 0. The maximum Gasteiger partial charge on any atom is 0.204 e. The van der Waals surface area contributed by atoms with Crippen LogP contribution in [0.4, 0.5) is 10.8 Å². The fourth-order valence-electron chi connectivity index (χ4n) is 1.90. The zero-order valence-corrected chi connectivity index (χ0v) is 11.4. The van der Waals surface area contributed by atoms with Crippen molar-refractivity contribution < 1.29 is 0 Å². The highest BCUT2D eigenvalue weighted by molar-refractivity contribution is 7.14. The second-order valence-electron chi connectivity index (χ2n) is 4.15. The van der Waals surface area contributed by atoms with Crippen LogP contribution in [-0.2, 0) is 0 Å². The molecule has 0 N–H and O–H groups in total. The molecule has 0 atom stereocenters. The molecule has 3 aromatic rings. The van der Waals surface area contributed by atoms with Crippen molar-refractivity contribution in [2.45, 2.75) is 0 Å². The van der Waals surface area contributed by atoms with Gasteiger partial charge in [-0.2, -0.15) is 5.26 Å². The van der Waals surface area contributed by atoms with E-state index >= 15 is 0 Å². The van der Waals surface area contributed by atoms with Crippen LogP contribution in [0.5, 0.6) is 0 Å². The van der Waals surface area contributed by atoms with Gasteiger partial charge in [-0.3, -0.25) is 0 Å². The van der Waals surface area contributed by atoms with E-state index in [1.54, 1.807) is 0 Å². The molecular formula is C16H11N3S. The van der Waals surface area contributed by atoms with Crippen LogP contribution in [0.2, 0.25) is 0 Å². The smallest absolute Gasteiger partial charge is 0.204 e. The third-order valence-electron chi connectivity index (χ3n) is 2.87. The molecule has 1 heterocycles. The van der Waals surface area contributed by atoms with E-state index in [-0.39, 0.29) is 0 Å².